The molecule has 0 aliphatic heterocycles. The molecule has 2 aromatic carbocycles. The van der Waals surface area contributed by atoms with Crippen LogP contribution in [0.1, 0.15) is 80.3 Å². The van der Waals surface area contributed by atoms with E-state index in [1.54, 1.807) is 19.0 Å². The molecule has 1 amide bonds. The monoisotopic (exact) mass is 479 g/mol. The van der Waals surface area contributed by atoms with Crippen LogP contribution in [0.4, 0.5) is 0 Å². The number of hydrogen-bond donors (Lipinski definition) is 1. The van der Waals surface area contributed by atoms with E-state index in [4.69, 9.17) is 9.15 Å². The number of carbonyl (C=O) groups is 1. The Morgan fingerprint density at radius 3 is 2.17 bits per heavy atom. The Labute approximate surface area is 210 Å². The molecule has 0 aliphatic rings. The summed E-state index contributed by atoms with van der Waals surface area (Å²) in [7, 11) is 3.47. The molecule has 0 bridgehead atoms. The number of furan rings is 1. The smallest absolute Gasteiger partial charge is 0.289 e. The average molecular weight is 480 g/mol. The van der Waals surface area contributed by atoms with E-state index in [9.17, 15) is 9.90 Å². The first-order valence-electron chi connectivity index (χ1n) is 12.5. The van der Waals surface area contributed by atoms with E-state index in [-0.39, 0.29) is 23.3 Å². The number of amides is 1. The van der Waals surface area contributed by atoms with Crippen LogP contribution < -0.4 is 4.74 Å². The number of benzene rings is 2. The van der Waals surface area contributed by atoms with Crippen LogP contribution in [-0.2, 0) is 5.41 Å². The van der Waals surface area contributed by atoms with Gasteiger partial charge in [-0.2, -0.15) is 0 Å². The molecule has 5 nitrogen and oxygen atoms in total. The minimum atomic E-state index is -0.541. The summed E-state index contributed by atoms with van der Waals surface area (Å²) in [4.78, 5) is 14.1. The zero-order valence-corrected chi connectivity index (χ0v) is 22.8. The second-order valence-corrected chi connectivity index (χ2v) is 10.9. The lowest BCUT2D eigenvalue weighted by Crippen LogP contribution is -2.32. The minimum absolute atomic E-state index is 0.125. The van der Waals surface area contributed by atoms with Gasteiger partial charge < -0.3 is 19.2 Å². The summed E-state index contributed by atoms with van der Waals surface area (Å²) >= 11 is 0. The van der Waals surface area contributed by atoms with E-state index >= 15 is 0 Å². The zero-order valence-electron chi connectivity index (χ0n) is 22.8. The van der Waals surface area contributed by atoms with Crippen LogP contribution in [0.15, 0.2) is 40.8 Å². The molecule has 5 heteroatoms. The minimum Gasteiger partial charge on any atom is -0.491 e. The quantitative estimate of drug-likeness (QED) is 0.393. The number of aliphatic hydroxyl groups excluding tert-OH is 1. The summed E-state index contributed by atoms with van der Waals surface area (Å²) in [5, 5.41) is 11.3. The average Bonchev–Trinajstić information content (AvgIpc) is 3.14. The molecule has 0 fully saturated rings. The van der Waals surface area contributed by atoms with E-state index < -0.39 is 6.10 Å². The van der Waals surface area contributed by atoms with Crippen molar-refractivity contribution in [1.29, 1.82) is 0 Å². The molecule has 1 heterocycles. The van der Waals surface area contributed by atoms with Crippen LogP contribution >= 0.6 is 0 Å². The van der Waals surface area contributed by atoms with Crippen LogP contribution in [0, 0.1) is 19.3 Å². The maximum atomic E-state index is 12.6. The molecule has 0 radical (unpaired) electrons. The van der Waals surface area contributed by atoms with E-state index in [0.717, 1.165) is 40.7 Å². The van der Waals surface area contributed by atoms with Gasteiger partial charge in [0.15, 0.2) is 5.76 Å². The van der Waals surface area contributed by atoms with Crippen molar-refractivity contribution < 1.29 is 19.1 Å². The van der Waals surface area contributed by atoms with E-state index in [0.29, 0.717) is 5.76 Å². The lowest BCUT2D eigenvalue weighted by molar-refractivity contribution is 0.0216. The van der Waals surface area contributed by atoms with Gasteiger partial charge in [0.25, 0.3) is 5.91 Å². The third kappa shape index (κ3) is 5.11. The van der Waals surface area contributed by atoms with E-state index in [2.05, 4.69) is 45.0 Å². The SMILES string of the molecule is CCC(CC)(c1ccc(OCC(O)C(C)(C)C)c(C)c1)c1ccc2oc(C(=O)N(C)C)c(C)c2c1. The number of fused-ring (bicyclic) bond motifs is 1. The second kappa shape index (κ2) is 10.1. The standard InChI is InChI=1S/C30H41NO4/c1-10-30(11-2,21-12-14-24(19(3)16-21)34-18-26(32)29(5,6)7)22-13-15-25-23(17-22)20(4)27(35-25)28(33)31(8)9/h12-17,26,32H,10-11,18H2,1-9H3. The number of aliphatic hydroxyl groups is 1. The summed E-state index contributed by atoms with van der Waals surface area (Å²) in [5.74, 6) is 1.07. The highest BCUT2D eigenvalue weighted by atomic mass is 16.5. The Balaban J connectivity index is 2.01. The fraction of sp³-hybridized carbons (Fsp3) is 0.500. The Morgan fingerprint density at radius 1 is 1.03 bits per heavy atom. The molecule has 0 saturated carbocycles. The van der Waals surface area contributed by atoms with Gasteiger partial charge in [0.1, 0.15) is 17.9 Å². The third-order valence-corrected chi connectivity index (χ3v) is 7.42. The van der Waals surface area contributed by atoms with E-state index in [1.807, 2.05) is 39.8 Å². The Bertz CT molecular complexity index is 1200. The zero-order chi connectivity index (χ0) is 26.1. The van der Waals surface area contributed by atoms with Crippen molar-refractivity contribution in [3.05, 3.63) is 64.4 Å². The third-order valence-electron chi connectivity index (χ3n) is 7.42. The van der Waals surface area contributed by atoms with Gasteiger partial charge in [-0.05, 0) is 67.0 Å². The molecule has 0 saturated heterocycles. The summed E-state index contributed by atoms with van der Waals surface area (Å²) in [6, 6.07) is 12.7. The molecule has 1 unspecified atom stereocenters. The molecule has 0 spiro atoms. The van der Waals surface area contributed by atoms with Crippen molar-refractivity contribution >= 4 is 16.9 Å². The molecule has 3 rings (SSSR count). The van der Waals surface area contributed by atoms with Crippen LogP contribution in [0.25, 0.3) is 11.0 Å². The number of carbonyl (C=O) groups excluding carboxylic acids is 1. The van der Waals surface area contributed by atoms with Gasteiger partial charge in [0, 0.05) is 30.5 Å². The molecule has 0 aliphatic carbocycles. The summed E-state index contributed by atoms with van der Waals surface area (Å²) in [5.41, 5.74) is 4.68. The first kappa shape index (κ1) is 26.8. The normalized spacial score (nSPS) is 13.2. The maximum absolute atomic E-state index is 12.6. The fourth-order valence-electron chi connectivity index (χ4n) is 4.69. The highest BCUT2D eigenvalue weighted by Gasteiger charge is 2.32. The number of rotatable bonds is 8. The lowest BCUT2D eigenvalue weighted by atomic mass is 9.70. The van der Waals surface area contributed by atoms with Crippen molar-refractivity contribution in [3.8, 4) is 5.75 Å². The molecule has 1 aromatic heterocycles. The predicted octanol–water partition coefficient (Wildman–Crippen LogP) is 6.64. The first-order valence-corrected chi connectivity index (χ1v) is 12.5. The highest BCUT2D eigenvalue weighted by Crippen LogP contribution is 2.42. The molecule has 3 aromatic rings. The fourth-order valence-corrected chi connectivity index (χ4v) is 4.69. The Kier molecular flexibility index (Phi) is 7.71. The van der Waals surface area contributed by atoms with Crippen molar-refractivity contribution in [2.24, 2.45) is 5.41 Å². The van der Waals surface area contributed by atoms with Gasteiger partial charge in [-0.1, -0.05) is 52.8 Å². The van der Waals surface area contributed by atoms with Crippen molar-refractivity contribution in [3.63, 3.8) is 0 Å². The highest BCUT2D eigenvalue weighted by molar-refractivity contribution is 5.98. The van der Waals surface area contributed by atoms with Gasteiger partial charge in [-0.15, -0.1) is 0 Å². The topological polar surface area (TPSA) is 62.9 Å². The number of ether oxygens (including phenoxy) is 1. The second-order valence-electron chi connectivity index (χ2n) is 10.9. The molecular formula is C30H41NO4. The van der Waals surface area contributed by atoms with Gasteiger partial charge >= 0.3 is 0 Å². The van der Waals surface area contributed by atoms with Gasteiger partial charge in [-0.25, -0.2) is 0 Å². The largest absolute Gasteiger partial charge is 0.491 e. The summed E-state index contributed by atoms with van der Waals surface area (Å²) in [6.45, 7) is 14.7. The lowest BCUT2D eigenvalue weighted by Gasteiger charge is -2.34. The van der Waals surface area contributed by atoms with Gasteiger partial charge in [-0.3, -0.25) is 4.79 Å². The van der Waals surface area contributed by atoms with Crippen LogP contribution in [-0.4, -0.2) is 42.7 Å². The van der Waals surface area contributed by atoms with Gasteiger partial charge in [0.2, 0.25) is 0 Å². The van der Waals surface area contributed by atoms with Crippen LogP contribution in [0.3, 0.4) is 0 Å². The van der Waals surface area contributed by atoms with Crippen molar-refractivity contribution in [1.82, 2.24) is 4.90 Å². The Hall–Kier alpha value is -2.79. The molecule has 35 heavy (non-hydrogen) atoms. The number of aryl methyl sites for hydroxylation is 2. The predicted molar refractivity (Wildman–Crippen MR) is 142 cm³/mol. The summed E-state index contributed by atoms with van der Waals surface area (Å²) < 4.78 is 11.9. The molecule has 190 valence electrons. The molecule has 1 atom stereocenters. The van der Waals surface area contributed by atoms with Crippen LogP contribution in [0.2, 0.25) is 0 Å². The van der Waals surface area contributed by atoms with Crippen LogP contribution in [0.5, 0.6) is 5.75 Å². The summed E-state index contributed by atoms with van der Waals surface area (Å²) in [6.07, 6.45) is 1.32. The Morgan fingerprint density at radius 2 is 1.63 bits per heavy atom. The number of hydrogen-bond acceptors (Lipinski definition) is 4. The van der Waals surface area contributed by atoms with Gasteiger partial charge in [0.05, 0.1) is 6.10 Å². The van der Waals surface area contributed by atoms with Crippen molar-refractivity contribution in [2.75, 3.05) is 20.7 Å². The molecular weight excluding hydrogens is 438 g/mol. The molecule has 1 N–H and O–H groups in total. The van der Waals surface area contributed by atoms with Crippen molar-refractivity contribution in [2.45, 2.75) is 72.8 Å². The maximum Gasteiger partial charge on any atom is 0.289 e. The number of nitrogens with zero attached hydrogens (tertiary/aromatic N) is 1. The van der Waals surface area contributed by atoms with E-state index in [1.165, 1.54) is 11.1 Å². The first-order chi connectivity index (χ1) is 16.4.